The summed E-state index contributed by atoms with van der Waals surface area (Å²) in [5, 5.41) is 3.01. The number of likely N-dealkylation sites (tertiary alicyclic amines) is 1. The number of nitrogens with one attached hydrogen (secondary N) is 1. The Balaban J connectivity index is 1.63. The number of ether oxygens (including phenoxy) is 2. The van der Waals surface area contributed by atoms with E-state index in [9.17, 15) is 9.59 Å². The van der Waals surface area contributed by atoms with Gasteiger partial charge in [-0.3, -0.25) is 14.6 Å². The summed E-state index contributed by atoms with van der Waals surface area (Å²) in [6.45, 7) is 1.11. The average molecular weight is 369 g/mol. The van der Waals surface area contributed by atoms with E-state index >= 15 is 0 Å². The molecule has 0 spiro atoms. The summed E-state index contributed by atoms with van der Waals surface area (Å²) in [7, 11) is 3.07. The lowest BCUT2D eigenvalue weighted by atomic mass is 10.0. The van der Waals surface area contributed by atoms with Crippen molar-refractivity contribution < 1.29 is 19.1 Å². The van der Waals surface area contributed by atoms with Crippen molar-refractivity contribution in [2.45, 2.75) is 18.9 Å². The lowest BCUT2D eigenvalue weighted by Gasteiger charge is -2.33. The maximum Gasteiger partial charge on any atom is 0.261 e. The first-order valence-corrected chi connectivity index (χ1v) is 8.85. The maximum atomic E-state index is 13.0. The Labute approximate surface area is 158 Å². The van der Waals surface area contributed by atoms with Crippen LogP contribution in [-0.4, -0.2) is 55.0 Å². The molecule has 1 saturated heterocycles. The molecule has 1 aliphatic rings. The first-order chi connectivity index (χ1) is 13.1. The van der Waals surface area contributed by atoms with Crippen molar-refractivity contribution in [3.05, 3.63) is 53.9 Å². The molecule has 1 N–H and O–H groups in total. The normalized spacial score (nSPS) is 14.5. The van der Waals surface area contributed by atoms with Crippen molar-refractivity contribution >= 4 is 11.8 Å². The van der Waals surface area contributed by atoms with Crippen LogP contribution in [0, 0.1) is 0 Å². The summed E-state index contributed by atoms with van der Waals surface area (Å²) in [4.78, 5) is 31.0. The minimum atomic E-state index is -0.140. The zero-order chi connectivity index (χ0) is 19.2. The number of rotatable bonds is 5. The zero-order valence-corrected chi connectivity index (χ0v) is 15.5. The first-order valence-electron chi connectivity index (χ1n) is 8.85. The molecule has 1 fully saturated rings. The fourth-order valence-corrected chi connectivity index (χ4v) is 3.21. The number of benzene rings is 1. The van der Waals surface area contributed by atoms with Gasteiger partial charge in [0.25, 0.3) is 11.8 Å². The standard InChI is InChI=1S/C20H23N3O4/c1-26-16-6-3-7-17(27-2)18(16)20(25)23-11-8-15(9-12-23)22-19(24)14-5-4-10-21-13-14/h3-7,10,13,15H,8-9,11-12H2,1-2H3,(H,22,24). The second kappa shape index (κ2) is 8.53. The quantitative estimate of drug-likeness (QED) is 0.873. The fraction of sp³-hybridized carbons (Fsp3) is 0.350. The summed E-state index contributed by atoms with van der Waals surface area (Å²) in [6.07, 6.45) is 4.55. The van der Waals surface area contributed by atoms with E-state index in [0.717, 1.165) is 0 Å². The molecule has 0 atom stereocenters. The molecule has 7 nitrogen and oxygen atoms in total. The Kier molecular flexibility index (Phi) is 5.90. The molecule has 0 radical (unpaired) electrons. The highest BCUT2D eigenvalue weighted by Gasteiger charge is 2.28. The van der Waals surface area contributed by atoms with Crippen LogP contribution < -0.4 is 14.8 Å². The van der Waals surface area contributed by atoms with Crippen LogP contribution in [0.15, 0.2) is 42.7 Å². The number of methoxy groups -OCH3 is 2. The molecule has 0 unspecified atom stereocenters. The van der Waals surface area contributed by atoms with Crippen LogP contribution in [0.3, 0.4) is 0 Å². The van der Waals surface area contributed by atoms with Crippen molar-refractivity contribution in [1.29, 1.82) is 0 Å². The number of nitrogens with zero attached hydrogens (tertiary/aromatic N) is 2. The molecule has 1 aromatic carbocycles. The number of carbonyl (C=O) groups is 2. The molecule has 2 amide bonds. The van der Waals surface area contributed by atoms with E-state index in [2.05, 4.69) is 10.3 Å². The van der Waals surface area contributed by atoms with Crippen LogP contribution in [0.2, 0.25) is 0 Å². The van der Waals surface area contributed by atoms with E-state index in [1.807, 2.05) is 0 Å². The summed E-state index contributed by atoms with van der Waals surface area (Å²) < 4.78 is 10.7. The van der Waals surface area contributed by atoms with Gasteiger partial charge in [-0.05, 0) is 37.1 Å². The Morgan fingerprint density at radius 3 is 2.30 bits per heavy atom. The summed E-state index contributed by atoms with van der Waals surface area (Å²) >= 11 is 0. The van der Waals surface area contributed by atoms with Gasteiger partial charge >= 0.3 is 0 Å². The van der Waals surface area contributed by atoms with Crippen molar-refractivity contribution in [1.82, 2.24) is 15.2 Å². The van der Waals surface area contributed by atoms with E-state index in [-0.39, 0.29) is 17.9 Å². The van der Waals surface area contributed by atoms with Gasteiger partial charge in [0, 0.05) is 31.5 Å². The second-order valence-electron chi connectivity index (χ2n) is 6.32. The molecule has 3 rings (SSSR count). The summed E-state index contributed by atoms with van der Waals surface area (Å²) in [5.74, 6) is 0.721. The minimum Gasteiger partial charge on any atom is -0.496 e. The van der Waals surface area contributed by atoms with E-state index < -0.39 is 0 Å². The first kappa shape index (κ1) is 18.7. The van der Waals surface area contributed by atoms with Gasteiger partial charge in [0.15, 0.2) is 0 Å². The molecular weight excluding hydrogens is 346 g/mol. The van der Waals surface area contributed by atoms with Crippen LogP contribution in [-0.2, 0) is 0 Å². The summed E-state index contributed by atoms with van der Waals surface area (Å²) in [5.41, 5.74) is 0.968. The van der Waals surface area contributed by atoms with Crippen LogP contribution in [0.5, 0.6) is 11.5 Å². The molecule has 2 heterocycles. The predicted molar refractivity (Wildman–Crippen MR) is 100 cm³/mol. The molecule has 1 aliphatic heterocycles. The molecule has 0 saturated carbocycles. The lowest BCUT2D eigenvalue weighted by molar-refractivity contribution is 0.0691. The van der Waals surface area contributed by atoms with Gasteiger partial charge in [0.2, 0.25) is 0 Å². The number of carbonyl (C=O) groups excluding carboxylic acids is 2. The van der Waals surface area contributed by atoms with Gasteiger partial charge in [0.1, 0.15) is 17.1 Å². The van der Waals surface area contributed by atoms with Gasteiger partial charge in [-0.15, -0.1) is 0 Å². The molecule has 0 bridgehead atoms. The number of piperidine rings is 1. The summed E-state index contributed by atoms with van der Waals surface area (Å²) in [6, 6.07) is 8.77. The maximum absolute atomic E-state index is 13.0. The van der Waals surface area contributed by atoms with E-state index in [1.165, 1.54) is 14.2 Å². The lowest BCUT2D eigenvalue weighted by Crippen LogP contribution is -2.46. The Bertz CT molecular complexity index is 780. The molecule has 142 valence electrons. The smallest absolute Gasteiger partial charge is 0.261 e. The topological polar surface area (TPSA) is 80.8 Å². The largest absolute Gasteiger partial charge is 0.496 e. The molecule has 1 aromatic heterocycles. The van der Waals surface area contributed by atoms with Crippen molar-refractivity contribution in [2.75, 3.05) is 27.3 Å². The third kappa shape index (κ3) is 4.19. The molecular formula is C20H23N3O4. The van der Waals surface area contributed by atoms with Gasteiger partial charge in [0.05, 0.1) is 19.8 Å². The highest BCUT2D eigenvalue weighted by Crippen LogP contribution is 2.30. The fourth-order valence-electron chi connectivity index (χ4n) is 3.21. The van der Waals surface area contributed by atoms with Gasteiger partial charge < -0.3 is 19.7 Å². The number of hydrogen-bond donors (Lipinski definition) is 1. The Morgan fingerprint density at radius 1 is 1.07 bits per heavy atom. The third-order valence-electron chi connectivity index (χ3n) is 4.68. The van der Waals surface area contributed by atoms with Crippen LogP contribution in [0.4, 0.5) is 0 Å². The monoisotopic (exact) mass is 369 g/mol. The van der Waals surface area contributed by atoms with Crippen molar-refractivity contribution in [3.63, 3.8) is 0 Å². The van der Waals surface area contributed by atoms with Crippen molar-refractivity contribution in [2.24, 2.45) is 0 Å². The zero-order valence-electron chi connectivity index (χ0n) is 15.5. The van der Waals surface area contributed by atoms with Crippen LogP contribution in [0.25, 0.3) is 0 Å². The van der Waals surface area contributed by atoms with E-state index in [0.29, 0.717) is 48.6 Å². The third-order valence-corrected chi connectivity index (χ3v) is 4.68. The van der Waals surface area contributed by atoms with Gasteiger partial charge in [-0.25, -0.2) is 0 Å². The highest BCUT2D eigenvalue weighted by atomic mass is 16.5. The number of pyridine rings is 1. The number of hydrogen-bond acceptors (Lipinski definition) is 5. The van der Waals surface area contributed by atoms with E-state index in [1.54, 1.807) is 47.6 Å². The van der Waals surface area contributed by atoms with Crippen LogP contribution in [0.1, 0.15) is 33.6 Å². The molecule has 27 heavy (non-hydrogen) atoms. The number of amides is 2. The van der Waals surface area contributed by atoms with E-state index in [4.69, 9.17) is 9.47 Å². The molecule has 7 heteroatoms. The van der Waals surface area contributed by atoms with Crippen LogP contribution >= 0.6 is 0 Å². The average Bonchev–Trinajstić information content (AvgIpc) is 2.73. The molecule has 0 aliphatic carbocycles. The Morgan fingerprint density at radius 2 is 1.74 bits per heavy atom. The Hall–Kier alpha value is -3.09. The SMILES string of the molecule is COc1cccc(OC)c1C(=O)N1CCC(NC(=O)c2cccnc2)CC1. The van der Waals surface area contributed by atoms with Gasteiger partial charge in [-0.1, -0.05) is 6.07 Å². The highest BCUT2D eigenvalue weighted by molar-refractivity contribution is 6.00. The van der Waals surface area contributed by atoms with Crippen molar-refractivity contribution in [3.8, 4) is 11.5 Å². The van der Waals surface area contributed by atoms with Gasteiger partial charge in [-0.2, -0.15) is 0 Å². The second-order valence-corrected chi connectivity index (χ2v) is 6.32. The minimum absolute atomic E-state index is 0.0290. The molecule has 2 aromatic rings. The predicted octanol–water partition coefficient (Wildman–Crippen LogP) is 2.13. The number of aromatic nitrogens is 1.